The maximum atomic E-state index is 6.46. The summed E-state index contributed by atoms with van der Waals surface area (Å²) in [6.45, 7) is 0. The number of anilines is 3. The minimum absolute atomic E-state index is 0.859. The maximum absolute atomic E-state index is 6.46. The number of para-hydroxylation sites is 2. The van der Waals surface area contributed by atoms with Gasteiger partial charge in [-0.2, -0.15) is 0 Å². The van der Waals surface area contributed by atoms with Gasteiger partial charge in [-0.3, -0.25) is 0 Å². The summed E-state index contributed by atoms with van der Waals surface area (Å²) in [6.07, 6.45) is 0. The molecule has 0 fully saturated rings. The summed E-state index contributed by atoms with van der Waals surface area (Å²) in [5.41, 5.74) is 16.7. The highest BCUT2D eigenvalue weighted by molar-refractivity contribution is 6.14. The highest BCUT2D eigenvalue weighted by Crippen LogP contribution is 2.48. The average molecular weight is 716 g/mol. The van der Waals surface area contributed by atoms with E-state index >= 15 is 0 Å². The van der Waals surface area contributed by atoms with E-state index in [9.17, 15) is 0 Å². The van der Waals surface area contributed by atoms with Gasteiger partial charge in [0.05, 0.1) is 16.8 Å². The standard InChI is InChI=1S/C54H37NO/c1-4-19-38(20-5-1)43-27-10-11-29-47(43)53-45(40-23-8-3-9-24-40)31-17-32-46(53)41-25-16-26-42(37-41)55(49-33-14-12-28-44(49)39-21-6-2-7-22-39)50-34-18-36-52-54(50)48-30-13-15-35-51(48)56-52/h1-37H. The van der Waals surface area contributed by atoms with Gasteiger partial charge in [0.15, 0.2) is 0 Å². The first-order chi connectivity index (χ1) is 27.8. The van der Waals surface area contributed by atoms with E-state index in [1.807, 2.05) is 6.07 Å². The first kappa shape index (κ1) is 33.2. The predicted molar refractivity (Wildman–Crippen MR) is 236 cm³/mol. The minimum atomic E-state index is 0.859. The molecule has 2 heteroatoms. The second-order valence-electron chi connectivity index (χ2n) is 14.0. The molecular formula is C54H37NO. The summed E-state index contributed by atoms with van der Waals surface area (Å²) in [5, 5.41) is 2.17. The second-order valence-corrected chi connectivity index (χ2v) is 14.0. The third-order valence-electron chi connectivity index (χ3n) is 10.7. The Morgan fingerprint density at radius 3 is 1.50 bits per heavy atom. The van der Waals surface area contributed by atoms with Crippen molar-refractivity contribution in [2.24, 2.45) is 0 Å². The fourth-order valence-corrected chi connectivity index (χ4v) is 8.21. The Bertz CT molecular complexity index is 2960. The zero-order valence-electron chi connectivity index (χ0n) is 30.7. The Balaban J connectivity index is 1.24. The number of hydrogen-bond donors (Lipinski definition) is 0. The fourth-order valence-electron chi connectivity index (χ4n) is 8.21. The smallest absolute Gasteiger partial charge is 0.137 e. The van der Waals surface area contributed by atoms with Crippen LogP contribution in [-0.4, -0.2) is 0 Å². The van der Waals surface area contributed by atoms with E-state index in [2.05, 4.69) is 223 Å². The zero-order valence-corrected chi connectivity index (χ0v) is 30.7. The van der Waals surface area contributed by atoms with Crippen LogP contribution in [-0.2, 0) is 0 Å². The van der Waals surface area contributed by atoms with Crippen molar-refractivity contribution >= 4 is 39.0 Å². The van der Waals surface area contributed by atoms with E-state index in [0.717, 1.165) is 55.7 Å². The van der Waals surface area contributed by atoms with E-state index in [4.69, 9.17) is 4.42 Å². The third-order valence-corrected chi connectivity index (χ3v) is 10.7. The van der Waals surface area contributed by atoms with Gasteiger partial charge < -0.3 is 9.32 Å². The fraction of sp³-hybridized carbons (Fsp3) is 0. The Morgan fingerprint density at radius 1 is 0.304 bits per heavy atom. The van der Waals surface area contributed by atoms with E-state index in [1.165, 1.54) is 38.9 Å². The summed E-state index contributed by atoms with van der Waals surface area (Å²) < 4.78 is 6.46. The largest absolute Gasteiger partial charge is 0.456 e. The lowest BCUT2D eigenvalue weighted by molar-refractivity contribution is 0.669. The molecule has 264 valence electrons. The number of furan rings is 1. The summed E-state index contributed by atoms with van der Waals surface area (Å²) in [4.78, 5) is 2.41. The van der Waals surface area contributed by atoms with Crippen molar-refractivity contribution in [2.45, 2.75) is 0 Å². The molecule has 0 saturated heterocycles. The average Bonchev–Trinajstić information content (AvgIpc) is 3.67. The number of fused-ring (bicyclic) bond motifs is 3. The lowest BCUT2D eigenvalue weighted by atomic mass is 9.84. The normalized spacial score (nSPS) is 11.2. The van der Waals surface area contributed by atoms with Crippen LogP contribution in [0.3, 0.4) is 0 Å². The quantitative estimate of drug-likeness (QED) is 0.156. The van der Waals surface area contributed by atoms with Crippen LogP contribution in [0.1, 0.15) is 0 Å². The van der Waals surface area contributed by atoms with Gasteiger partial charge in [-0.1, -0.05) is 188 Å². The Labute approximate surface area is 327 Å². The van der Waals surface area contributed by atoms with Crippen LogP contribution in [0.15, 0.2) is 229 Å². The van der Waals surface area contributed by atoms with Gasteiger partial charge in [0.2, 0.25) is 0 Å². The molecule has 2 nitrogen and oxygen atoms in total. The molecule has 1 aromatic heterocycles. The molecule has 0 bridgehead atoms. The second kappa shape index (κ2) is 14.4. The van der Waals surface area contributed by atoms with Crippen LogP contribution in [0.5, 0.6) is 0 Å². The van der Waals surface area contributed by atoms with Gasteiger partial charge in [0.1, 0.15) is 11.2 Å². The van der Waals surface area contributed by atoms with E-state index in [-0.39, 0.29) is 0 Å². The molecule has 56 heavy (non-hydrogen) atoms. The maximum Gasteiger partial charge on any atom is 0.137 e. The Hall–Kier alpha value is -7.42. The molecular weight excluding hydrogens is 679 g/mol. The van der Waals surface area contributed by atoms with Gasteiger partial charge >= 0.3 is 0 Å². The van der Waals surface area contributed by atoms with Gasteiger partial charge in [-0.15, -0.1) is 0 Å². The molecule has 0 spiro atoms. The minimum Gasteiger partial charge on any atom is -0.456 e. The summed E-state index contributed by atoms with van der Waals surface area (Å²) in [5.74, 6) is 0. The molecule has 0 aliphatic carbocycles. The van der Waals surface area contributed by atoms with Crippen LogP contribution >= 0.6 is 0 Å². The van der Waals surface area contributed by atoms with Crippen molar-refractivity contribution in [2.75, 3.05) is 4.90 Å². The number of benzene rings is 9. The van der Waals surface area contributed by atoms with Gasteiger partial charge in [-0.05, 0) is 86.5 Å². The molecule has 0 atom stereocenters. The lowest BCUT2D eigenvalue weighted by Crippen LogP contribution is -2.11. The Kier molecular flexibility index (Phi) is 8.55. The van der Waals surface area contributed by atoms with Crippen LogP contribution in [0, 0.1) is 0 Å². The topological polar surface area (TPSA) is 16.4 Å². The monoisotopic (exact) mass is 715 g/mol. The number of rotatable bonds is 8. The third kappa shape index (κ3) is 5.95. The predicted octanol–water partition coefficient (Wildman–Crippen LogP) is 15.4. The first-order valence-electron chi connectivity index (χ1n) is 19.1. The van der Waals surface area contributed by atoms with E-state index in [1.54, 1.807) is 0 Å². The van der Waals surface area contributed by atoms with E-state index < -0.39 is 0 Å². The lowest BCUT2D eigenvalue weighted by Gasteiger charge is -2.29. The molecule has 0 unspecified atom stereocenters. The van der Waals surface area contributed by atoms with Crippen LogP contribution in [0.4, 0.5) is 17.1 Å². The van der Waals surface area contributed by atoms with Gasteiger partial charge in [0, 0.05) is 16.6 Å². The molecule has 0 aliphatic rings. The van der Waals surface area contributed by atoms with Gasteiger partial charge in [-0.25, -0.2) is 0 Å². The molecule has 0 N–H and O–H groups in total. The molecule has 10 aromatic rings. The molecule has 9 aromatic carbocycles. The highest BCUT2D eigenvalue weighted by atomic mass is 16.3. The summed E-state index contributed by atoms with van der Waals surface area (Å²) in [7, 11) is 0. The SMILES string of the molecule is c1ccc(-c2ccccc2-c2c(-c3ccccc3)cccc2-c2cccc(N(c3ccccc3-c3ccccc3)c3cccc4oc5ccccc5c34)c2)cc1. The van der Waals surface area contributed by atoms with Crippen molar-refractivity contribution in [3.8, 4) is 55.6 Å². The van der Waals surface area contributed by atoms with Crippen molar-refractivity contribution < 1.29 is 4.42 Å². The molecule has 1 heterocycles. The highest BCUT2D eigenvalue weighted by Gasteiger charge is 2.23. The molecule has 0 amide bonds. The molecule has 0 radical (unpaired) electrons. The van der Waals surface area contributed by atoms with Crippen LogP contribution < -0.4 is 4.90 Å². The van der Waals surface area contributed by atoms with Crippen molar-refractivity contribution in [3.63, 3.8) is 0 Å². The number of nitrogens with zero attached hydrogens (tertiary/aromatic N) is 1. The Morgan fingerprint density at radius 2 is 0.768 bits per heavy atom. The summed E-state index contributed by atoms with van der Waals surface area (Å²) >= 11 is 0. The number of hydrogen-bond acceptors (Lipinski definition) is 2. The van der Waals surface area contributed by atoms with E-state index in [0.29, 0.717) is 0 Å². The van der Waals surface area contributed by atoms with Crippen LogP contribution in [0.2, 0.25) is 0 Å². The molecule has 10 rings (SSSR count). The zero-order chi connectivity index (χ0) is 37.3. The van der Waals surface area contributed by atoms with Crippen LogP contribution in [0.25, 0.3) is 77.6 Å². The molecule has 0 aliphatic heterocycles. The van der Waals surface area contributed by atoms with Gasteiger partial charge in [0.25, 0.3) is 0 Å². The summed E-state index contributed by atoms with van der Waals surface area (Å²) in [6, 6.07) is 80.1. The van der Waals surface area contributed by atoms with Crippen molar-refractivity contribution in [3.05, 3.63) is 224 Å². The van der Waals surface area contributed by atoms with Crippen molar-refractivity contribution in [1.82, 2.24) is 0 Å². The first-order valence-corrected chi connectivity index (χ1v) is 19.1. The molecule has 0 saturated carbocycles. The van der Waals surface area contributed by atoms with Crippen molar-refractivity contribution in [1.29, 1.82) is 0 Å².